The predicted molar refractivity (Wildman–Crippen MR) is 141 cm³/mol. The zero-order valence-electron chi connectivity index (χ0n) is 20.3. The lowest BCUT2D eigenvalue weighted by Gasteiger charge is -2.30. The number of aromatic nitrogens is 1. The molecule has 4 rings (SSSR count). The Labute approximate surface area is 216 Å². The number of hydrogen-bond acceptors (Lipinski definition) is 7. The van der Waals surface area contributed by atoms with Gasteiger partial charge in [-0.1, -0.05) is 38.1 Å². The highest BCUT2D eigenvalue weighted by molar-refractivity contribution is 7.90. The molecule has 0 radical (unpaired) electrons. The average Bonchev–Trinajstić information content (AvgIpc) is 3.32. The van der Waals surface area contributed by atoms with Crippen LogP contribution in [0.25, 0.3) is 11.3 Å². The standard InChI is InChI=1S/C25H29N3O5S3/c1-17(2)18-4-6-19(7-5-18)23-16-34-25(26-23)27-24(29)20-12-14-28(15-13-20)36(32,33)22-10-8-21(9-11-22)35(3,30)31/h4-11,16-17,20H,12-15H2,1-3H3,(H,26,27,29). The van der Waals surface area contributed by atoms with Crippen molar-refractivity contribution in [2.24, 2.45) is 5.92 Å². The molecule has 0 atom stereocenters. The SMILES string of the molecule is CC(C)c1ccc(-c2csc(NC(=O)C3CCN(S(=O)(=O)c4ccc(S(C)(=O)=O)cc4)CC3)n2)cc1. The molecular formula is C25H29N3O5S3. The molecule has 1 amide bonds. The smallest absolute Gasteiger partial charge is 0.243 e. The fourth-order valence-electron chi connectivity index (χ4n) is 4.08. The molecule has 36 heavy (non-hydrogen) atoms. The van der Waals surface area contributed by atoms with Gasteiger partial charge in [0.05, 0.1) is 15.5 Å². The van der Waals surface area contributed by atoms with Crippen LogP contribution < -0.4 is 5.32 Å². The van der Waals surface area contributed by atoms with Crippen molar-refractivity contribution in [2.75, 3.05) is 24.7 Å². The summed E-state index contributed by atoms with van der Waals surface area (Å²) in [6.45, 7) is 4.70. The topological polar surface area (TPSA) is 114 Å². The van der Waals surface area contributed by atoms with Crippen molar-refractivity contribution in [3.63, 3.8) is 0 Å². The average molecular weight is 548 g/mol. The molecule has 11 heteroatoms. The van der Waals surface area contributed by atoms with Crippen molar-refractivity contribution < 1.29 is 21.6 Å². The van der Waals surface area contributed by atoms with Crippen molar-refractivity contribution in [1.82, 2.24) is 9.29 Å². The summed E-state index contributed by atoms with van der Waals surface area (Å²) in [6.07, 6.45) is 1.85. The van der Waals surface area contributed by atoms with E-state index >= 15 is 0 Å². The Morgan fingerprint density at radius 3 is 2.11 bits per heavy atom. The number of thiazole rings is 1. The lowest BCUT2D eigenvalue weighted by Crippen LogP contribution is -2.41. The van der Waals surface area contributed by atoms with Crippen LogP contribution in [0.15, 0.2) is 63.7 Å². The molecule has 8 nitrogen and oxygen atoms in total. The first-order valence-corrected chi connectivity index (χ1v) is 15.8. The van der Waals surface area contributed by atoms with Crippen LogP contribution in [0.4, 0.5) is 5.13 Å². The Kier molecular flexibility index (Phi) is 7.65. The van der Waals surface area contributed by atoms with Crippen LogP contribution in [0.5, 0.6) is 0 Å². The van der Waals surface area contributed by atoms with Gasteiger partial charge in [-0.2, -0.15) is 4.31 Å². The van der Waals surface area contributed by atoms with E-state index in [1.807, 2.05) is 17.5 Å². The summed E-state index contributed by atoms with van der Waals surface area (Å²) < 4.78 is 50.6. The van der Waals surface area contributed by atoms with Crippen molar-refractivity contribution in [1.29, 1.82) is 0 Å². The summed E-state index contributed by atoms with van der Waals surface area (Å²) in [5, 5.41) is 5.31. The van der Waals surface area contributed by atoms with Gasteiger partial charge in [0.1, 0.15) is 0 Å². The fraction of sp³-hybridized carbons (Fsp3) is 0.360. The monoisotopic (exact) mass is 547 g/mol. The van der Waals surface area contributed by atoms with Gasteiger partial charge in [-0.25, -0.2) is 21.8 Å². The van der Waals surface area contributed by atoms with E-state index in [-0.39, 0.29) is 34.7 Å². The van der Waals surface area contributed by atoms with Crippen molar-refractivity contribution in [3.8, 4) is 11.3 Å². The summed E-state index contributed by atoms with van der Waals surface area (Å²) in [4.78, 5) is 17.5. The number of sulfonamides is 1. The number of amides is 1. The first-order valence-electron chi connectivity index (χ1n) is 11.6. The molecule has 0 bridgehead atoms. The number of rotatable bonds is 7. The molecule has 1 aromatic heterocycles. The summed E-state index contributed by atoms with van der Waals surface area (Å²) in [6, 6.07) is 13.4. The van der Waals surface area contributed by atoms with E-state index in [0.29, 0.717) is 23.9 Å². The third kappa shape index (κ3) is 5.86. The van der Waals surface area contributed by atoms with Crippen LogP contribution in [-0.2, 0) is 24.7 Å². The minimum atomic E-state index is -3.77. The van der Waals surface area contributed by atoms with E-state index in [4.69, 9.17) is 0 Å². The van der Waals surface area contributed by atoms with Crippen LogP contribution >= 0.6 is 11.3 Å². The predicted octanol–water partition coefficient (Wildman–Crippen LogP) is 4.38. The van der Waals surface area contributed by atoms with Gasteiger partial charge < -0.3 is 5.32 Å². The van der Waals surface area contributed by atoms with Crippen LogP contribution in [0.2, 0.25) is 0 Å². The Bertz CT molecular complexity index is 1440. The van der Waals surface area contributed by atoms with Gasteiger partial charge >= 0.3 is 0 Å². The third-order valence-corrected chi connectivity index (χ3v) is 10.1. The quantitative estimate of drug-likeness (QED) is 0.470. The molecule has 0 unspecified atom stereocenters. The van der Waals surface area contributed by atoms with Gasteiger partial charge in [0.15, 0.2) is 15.0 Å². The van der Waals surface area contributed by atoms with Gasteiger partial charge in [-0.05, 0) is 48.6 Å². The second kappa shape index (κ2) is 10.4. The molecule has 0 spiro atoms. The maximum atomic E-state index is 13.0. The molecular weight excluding hydrogens is 518 g/mol. The van der Waals surface area contributed by atoms with Crippen LogP contribution in [-0.4, -0.2) is 51.4 Å². The first-order chi connectivity index (χ1) is 16.9. The van der Waals surface area contributed by atoms with Gasteiger partial charge in [0, 0.05) is 36.2 Å². The Hall–Kier alpha value is -2.60. The van der Waals surface area contributed by atoms with Crippen molar-refractivity contribution in [3.05, 3.63) is 59.5 Å². The number of sulfone groups is 1. The zero-order valence-corrected chi connectivity index (χ0v) is 22.8. The minimum absolute atomic E-state index is 0.0366. The molecule has 3 aromatic rings. The number of nitrogens with zero attached hydrogens (tertiary/aromatic N) is 2. The summed E-state index contributed by atoms with van der Waals surface area (Å²) in [5.41, 5.74) is 3.04. The van der Waals surface area contributed by atoms with Crippen LogP contribution in [0.3, 0.4) is 0 Å². The Morgan fingerprint density at radius 1 is 0.972 bits per heavy atom. The molecule has 1 aliphatic rings. The van der Waals surface area contributed by atoms with Crippen LogP contribution in [0.1, 0.15) is 38.2 Å². The van der Waals surface area contributed by atoms with E-state index in [1.54, 1.807) is 0 Å². The lowest BCUT2D eigenvalue weighted by atomic mass is 9.97. The molecule has 0 aliphatic carbocycles. The van der Waals surface area contributed by atoms with Crippen molar-refractivity contribution >= 4 is 42.2 Å². The molecule has 1 saturated heterocycles. The van der Waals surface area contributed by atoms with E-state index in [0.717, 1.165) is 17.5 Å². The zero-order chi connectivity index (χ0) is 26.1. The van der Waals surface area contributed by atoms with Gasteiger partial charge in [0.25, 0.3) is 0 Å². The largest absolute Gasteiger partial charge is 0.302 e. The molecule has 1 fully saturated rings. The number of carbonyl (C=O) groups excluding carboxylic acids is 1. The second-order valence-corrected chi connectivity index (χ2v) is 14.0. The molecule has 2 heterocycles. The van der Waals surface area contributed by atoms with Crippen molar-refractivity contribution in [2.45, 2.75) is 42.4 Å². The summed E-state index contributed by atoms with van der Waals surface area (Å²) >= 11 is 1.36. The molecule has 2 aromatic carbocycles. The summed E-state index contributed by atoms with van der Waals surface area (Å²) in [5.74, 6) is -0.0338. The van der Waals surface area contributed by atoms with E-state index in [2.05, 4.69) is 36.3 Å². The van der Waals surface area contributed by atoms with Gasteiger partial charge in [-0.3, -0.25) is 4.79 Å². The number of hydrogen-bond donors (Lipinski definition) is 1. The lowest BCUT2D eigenvalue weighted by molar-refractivity contribution is -0.120. The first kappa shape index (κ1) is 26.5. The number of anilines is 1. The third-order valence-electron chi connectivity index (χ3n) is 6.32. The van der Waals surface area contributed by atoms with Crippen LogP contribution in [0, 0.1) is 5.92 Å². The molecule has 1 aliphatic heterocycles. The van der Waals surface area contributed by atoms with Gasteiger partial charge in [0.2, 0.25) is 15.9 Å². The highest BCUT2D eigenvalue weighted by Crippen LogP contribution is 2.29. The number of nitrogens with one attached hydrogen (secondary N) is 1. The van der Waals surface area contributed by atoms with E-state index < -0.39 is 19.9 Å². The second-order valence-electron chi connectivity index (χ2n) is 9.23. The fourth-order valence-corrected chi connectivity index (χ4v) is 6.90. The molecule has 192 valence electrons. The molecule has 0 saturated carbocycles. The highest BCUT2D eigenvalue weighted by Gasteiger charge is 2.32. The maximum absolute atomic E-state index is 13.0. The number of benzene rings is 2. The van der Waals surface area contributed by atoms with Gasteiger partial charge in [-0.15, -0.1) is 11.3 Å². The Morgan fingerprint density at radius 2 is 1.56 bits per heavy atom. The number of carbonyl (C=O) groups is 1. The molecule has 1 N–H and O–H groups in total. The van der Waals surface area contributed by atoms with E-state index in [9.17, 15) is 21.6 Å². The Balaban J connectivity index is 1.35. The normalized spacial score (nSPS) is 15.8. The number of piperidine rings is 1. The minimum Gasteiger partial charge on any atom is -0.302 e. The maximum Gasteiger partial charge on any atom is 0.243 e. The highest BCUT2D eigenvalue weighted by atomic mass is 32.2. The summed E-state index contributed by atoms with van der Waals surface area (Å²) in [7, 11) is -7.18. The van der Waals surface area contributed by atoms with E-state index in [1.165, 1.54) is 45.5 Å².